The van der Waals surface area contributed by atoms with Crippen LogP contribution in [0.15, 0.2) is 55.1 Å². The minimum Gasteiger partial charge on any atom is -0.381 e. The van der Waals surface area contributed by atoms with Crippen molar-refractivity contribution in [1.29, 1.82) is 0 Å². The van der Waals surface area contributed by atoms with Gasteiger partial charge in [-0.05, 0) is 36.6 Å². The molecule has 4 aromatic rings. The van der Waals surface area contributed by atoms with E-state index < -0.39 is 11.7 Å². The summed E-state index contributed by atoms with van der Waals surface area (Å²) in [6.07, 6.45) is 1.12. The molecular formula is C23H16F3N5O. The number of halogens is 3. The van der Waals surface area contributed by atoms with Gasteiger partial charge in [0.15, 0.2) is 17.2 Å². The Bertz CT molecular complexity index is 1400. The molecule has 0 aliphatic heterocycles. The number of anilines is 1. The zero-order valence-electron chi connectivity index (χ0n) is 16.8. The van der Waals surface area contributed by atoms with Crippen LogP contribution in [0.25, 0.3) is 5.65 Å². The predicted octanol–water partition coefficient (Wildman–Crippen LogP) is 3.86. The predicted molar refractivity (Wildman–Crippen MR) is 112 cm³/mol. The van der Waals surface area contributed by atoms with Crippen LogP contribution in [0.3, 0.4) is 0 Å². The highest BCUT2D eigenvalue weighted by atomic mass is 19.4. The van der Waals surface area contributed by atoms with Gasteiger partial charge in [-0.2, -0.15) is 13.2 Å². The van der Waals surface area contributed by atoms with E-state index in [1.54, 1.807) is 41.2 Å². The third kappa shape index (κ3) is 4.30. The minimum absolute atomic E-state index is 0.0509. The third-order valence-corrected chi connectivity index (χ3v) is 4.83. The van der Waals surface area contributed by atoms with E-state index in [0.29, 0.717) is 22.5 Å². The molecule has 0 unspecified atom stereocenters. The average Bonchev–Trinajstić information content (AvgIpc) is 3.17. The summed E-state index contributed by atoms with van der Waals surface area (Å²) in [7, 11) is 0. The van der Waals surface area contributed by atoms with Gasteiger partial charge in [0.25, 0.3) is 0 Å². The number of aryl methyl sites for hydroxylation is 1. The lowest BCUT2D eigenvalue weighted by molar-refractivity contribution is -0.137. The Hall–Kier alpha value is -4.19. The topological polar surface area (TPSA) is 86.2 Å². The molecule has 0 atom stereocenters. The number of fused-ring (bicyclic) bond motifs is 1. The lowest BCUT2D eigenvalue weighted by Crippen LogP contribution is -2.09. The van der Waals surface area contributed by atoms with Crippen LogP contribution in [0, 0.1) is 18.8 Å². The number of hydrogen-bond donors (Lipinski definition) is 1. The first-order valence-electron chi connectivity index (χ1n) is 9.48. The Morgan fingerprint density at radius 1 is 1.09 bits per heavy atom. The second-order valence-corrected chi connectivity index (χ2v) is 7.06. The summed E-state index contributed by atoms with van der Waals surface area (Å²) in [4.78, 5) is 24.8. The van der Waals surface area contributed by atoms with Crippen LogP contribution in [0.1, 0.15) is 38.4 Å². The molecule has 0 radical (unpaired) electrons. The van der Waals surface area contributed by atoms with E-state index in [1.165, 1.54) is 0 Å². The van der Waals surface area contributed by atoms with Crippen molar-refractivity contribution in [2.75, 3.05) is 5.73 Å². The van der Waals surface area contributed by atoms with Crippen molar-refractivity contribution >= 4 is 17.2 Å². The molecule has 32 heavy (non-hydrogen) atoms. The molecular weight excluding hydrogens is 419 g/mol. The van der Waals surface area contributed by atoms with Gasteiger partial charge in [0.1, 0.15) is 5.69 Å². The number of imidazole rings is 1. The summed E-state index contributed by atoms with van der Waals surface area (Å²) in [5.74, 6) is 5.97. The molecule has 0 aliphatic rings. The van der Waals surface area contributed by atoms with Crippen LogP contribution in [-0.4, -0.2) is 25.1 Å². The lowest BCUT2D eigenvalue weighted by Gasteiger charge is -2.08. The van der Waals surface area contributed by atoms with Crippen molar-refractivity contribution in [1.82, 2.24) is 19.4 Å². The molecule has 0 aliphatic carbocycles. The Kier molecular flexibility index (Phi) is 5.36. The van der Waals surface area contributed by atoms with E-state index in [0.717, 1.165) is 23.9 Å². The number of aromatic nitrogens is 4. The monoisotopic (exact) mass is 435 g/mol. The summed E-state index contributed by atoms with van der Waals surface area (Å²) in [5, 5.41) is 0. The van der Waals surface area contributed by atoms with E-state index in [9.17, 15) is 18.0 Å². The molecule has 2 N–H and O–H groups in total. The van der Waals surface area contributed by atoms with Gasteiger partial charge in [-0.15, -0.1) is 0 Å². The van der Waals surface area contributed by atoms with Gasteiger partial charge in [0.05, 0.1) is 18.2 Å². The molecule has 160 valence electrons. The first kappa shape index (κ1) is 21.1. The Labute approximate surface area is 181 Å². The van der Waals surface area contributed by atoms with Crippen molar-refractivity contribution in [2.45, 2.75) is 19.5 Å². The number of Topliss-reactive ketones (excluding diaryl/α,β-unsaturated/α-hetero) is 1. The Morgan fingerprint density at radius 2 is 1.91 bits per heavy atom. The number of nitrogens with zero attached hydrogens (tertiary/aromatic N) is 4. The normalized spacial score (nSPS) is 11.2. The fourth-order valence-electron chi connectivity index (χ4n) is 3.11. The minimum atomic E-state index is -4.49. The summed E-state index contributed by atoms with van der Waals surface area (Å²) in [6, 6.07) is 6.75. The summed E-state index contributed by atoms with van der Waals surface area (Å²) < 4.78 is 40.4. The molecule has 1 aromatic carbocycles. The highest BCUT2D eigenvalue weighted by molar-refractivity contribution is 5.97. The maximum absolute atomic E-state index is 12.9. The van der Waals surface area contributed by atoms with Crippen LogP contribution < -0.4 is 5.73 Å². The number of rotatable bonds is 3. The van der Waals surface area contributed by atoms with E-state index in [1.807, 2.05) is 6.92 Å². The lowest BCUT2D eigenvalue weighted by atomic mass is 10.00. The van der Waals surface area contributed by atoms with Gasteiger partial charge >= 0.3 is 6.18 Å². The molecule has 0 spiro atoms. The summed E-state index contributed by atoms with van der Waals surface area (Å²) >= 11 is 0. The first-order chi connectivity index (χ1) is 15.2. The average molecular weight is 435 g/mol. The fraction of sp³-hybridized carbons (Fsp3) is 0.130. The molecule has 0 amide bonds. The number of carbonyl (C=O) groups is 1. The molecule has 3 aromatic heterocycles. The van der Waals surface area contributed by atoms with Crippen LogP contribution in [0.5, 0.6) is 0 Å². The number of alkyl halides is 3. The van der Waals surface area contributed by atoms with E-state index in [2.05, 4.69) is 26.8 Å². The van der Waals surface area contributed by atoms with Gasteiger partial charge in [-0.3, -0.25) is 14.2 Å². The smallest absolute Gasteiger partial charge is 0.381 e. The van der Waals surface area contributed by atoms with E-state index in [4.69, 9.17) is 5.73 Å². The summed E-state index contributed by atoms with van der Waals surface area (Å²) in [5.41, 5.74) is 7.91. The zero-order valence-corrected chi connectivity index (χ0v) is 16.8. The summed E-state index contributed by atoms with van der Waals surface area (Å²) in [6.45, 7) is 1.85. The SMILES string of the molecule is Cc1ccc(C(=O)Cc2cc(C(F)(F)F)ccn2)cc1C#Cc1cnc2c(N)nccn12. The number of pyridine rings is 1. The standard InChI is InChI=1S/C23H16F3N5O/c1-14-2-3-16(20(32)12-18-11-17(6-7-28-18)23(24,25)26)10-15(14)4-5-19-13-30-22-21(27)29-8-9-31(19)22/h2-3,6-11,13H,12H2,1H3,(H2,27,29). The fourth-order valence-corrected chi connectivity index (χ4v) is 3.11. The number of benzene rings is 1. The molecule has 4 rings (SSSR count). The second-order valence-electron chi connectivity index (χ2n) is 7.06. The Morgan fingerprint density at radius 3 is 2.69 bits per heavy atom. The number of hydrogen-bond acceptors (Lipinski definition) is 5. The molecule has 6 nitrogen and oxygen atoms in total. The maximum atomic E-state index is 12.9. The Balaban J connectivity index is 1.60. The van der Waals surface area contributed by atoms with Crippen molar-refractivity contribution in [3.05, 3.63) is 88.8 Å². The third-order valence-electron chi connectivity index (χ3n) is 4.83. The second kappa shape index (κ2) is 8.15. The van der Waals surface area contributed by atoms with Gasteiger partial charge in [0, 0.05) is 35.4 Å². The highest BCUT2D eigenvalue weighted by Crippen LogP contribution is 2.29. The van der Waals surface area contributed by atoms with Gasteiger partial charge in [-0.25, -0.2) is 9.97 Å². The largest absolute Gasteiger partial charge is 0.416 e. The quantitative estimate of drug-likeness (QED) is 0.390. The van der Waals surface area contributed by atoms with Gasteiger partial charge < -0.3 is 5.73 Å². The van der Waals surface area contributed by atoms with Gasteiger partial charge in [-0.1, -0.05) is 18.1 Å². The van der Waals surface area contributed by atoms with Crippen LogP contribution >= 0.6 is 0 Å². The molecule has 0 bridgehead atoms. The first-order valence-corrected chi connectivity index (χ1v) is 9.48. The highest BCUT2D eigenvalue weighted by Gasteiger charge is 2.30. The van der Waals surface area contributed by atoms with Crippen molar-refractivity contribution in [2.24, 2.45) is 0 Å². The molecule has 0 saturated carbocycles. The van der Waals surface area contributed by atoms with E-state index >= 15 is 0 Å². The van der Waals surface area contributed by atoms with Gasteiger partial charge in [0.2, 0.25) is 0 Å². The zero-order chi connectivity index (χ0) is 22.9. The van der Waals surface area contributed by atoms with Crippen LogP contribution in [0.4, 0.5) is 19.0 Å². The van der Waals surface area contributed by atoms with Crippen molar-refractivity contribution in [3.63, 3.8) is 0 Å². The van der Waals surface area contributed by atoms with Crippen molar-refractivity contribution in [3.8, 4) is 11.8 Å². The number of nitrogens with two attached hydrogens (primary N) is 1. The van der Waals surface area contributed by atoms with Crippen LogP contribution in [-0.2, 0) is 12.6 Å². The number of carbonyl (C=O) groups excluding carboxylic acids is 1. The van der Waals surface area contributed by atoms with E-state index in [-0.39, 0.29) is 23.7 Å². The number of nitrogen functional groups attached to an aromatic ring is 1. The number of ketones is 1. The molecule has 0 fully saturated rings. The van der Waals surface area contributed by atoms with Crippen molar-refractivity contribution < 1.29 is 18.0 Å². The molecule has 0 saturated heterocycles. The molecule has 9 heteroatoms. The van der Waals surface area contributed by atoms with Crippen LogP contribution in [0.2, 0.25) is 0 Å². The maximum Gasteiger partial charge on any atom is 0.416 e. The molecule has 3 heterocycles.